The van der Waals surface area contributed by atoms with Crippen molar-refractivity contribution in [2.24, 2.45) is 7.05 Å². The molecule has 0 saturated heterocycles. The van der Waals surface area contributed by atoms with Gasteiger partial charge in [0.1, 0.15) is 5.69 Å². The molecule has 0 fully saturated rings. The van der Waals surface area contributed by atoms with Crippen molar-refractivity contribution < 1.29 is 4.79 Å². The van der Waals surface area contributed by atoms with E-state index < -0.39 is 0 Å². The van der Waals surface area contributed by atoms with Crippen LogP contribution in [-0.2, 0) is 7.05 Å². The predicted molar refractivity (Wildman–Crippen MR) is 73.0 cm³/mol. The van der Waals surface area contributed by atoms with Gasteiger partial charge in [0.15, 0.2) is 0 Å². The number of hydrogen-bond acceptors (Lipinski definition) is 2. The van der Waals surface area contributed by atoms with Crippen molar-refractivity contribution in [1.82, 2.24) is 9.88 Å². The van der Waals surface area contributed by atoms with Crippen molar-refractivity contribution in [1.29, 1.82) is 0 Å². The van der Waals surface area contributed by atoms with Gasteiger partial charge in [0.05, 0.1) is 0 Å². The van der Waals surface area contributed by atoms with Crippen LogP contribution in [0.1, 0.15) is 24.3 Å². The summed E-state index contributed by atoms with van der Waals surface area (Å²) in [7, 11) is 1.86. The number of carbonyl (C=O) groups is 1. The van der Waals surface area contributed by atoms with Crippen LogP contribution in [0.25, 0.3) is 0 Å². The van der Waals surface area contributed by atoms with Gasteiger partial charge in [-0.3, -0.25) is 4.79 Å². The van der Waals surface area contributed by atoms with Crippen LogP contribution in [0.5, 0.6) is 0 Å². The number of nitrogens with one attached hydrogen (secondary N) is 1. The summed E-state index contributed by atoms with van der Waals surface area (Å²) < 4.78 is 2.80. The van der Waals surface area contributed by atoms with Gasteiger partial charge in [-0.1, -0.05) is 0 Å². The number of amides is 1. The zero-order valence-electron chi connectivity index (χ0n) is 10.0. The minimum atomic E-state index is -0.0321. The Morgan fingerprint density at radius 2 is 2.25 bits per heavy atom. The molecular formula is C11H17BrN2OS. The fourth-order valence-electron chi connectivity index (χ4n) is 1.21. The molecule has 0 spiro atoms. The molecule has 3 nitrogen and oxygen atoms in total. The van der Waals surface area contributed by atoms with E-state index in [0.717, 1.165) is 4.47 Å². The van der Waals surface area contributed by atoms with E-state index in [4.69, 9.17) is 0 Å². The molecule has 1 aromatic heterocycles. The molecule has 1 heterocycles. The fourth-order valence-corrected chi connectivity index (χ4v) is 1.95. The highest BCUT2D eigenvalue weighted by atomic mass is 79.9. The van der Waals surface area contributed by atoms with Gasteiger partial charge in [0.25, 0.3) is 5.91 Å². The highest BCUT2D eigenvalue weighted by Gasteiger charge is 2.18. The number of halogens is 1. The second-order valence-corrected chi connectivity index (χ2v) is 6.73. The molecule has 0 bridgehead atoms. The normalized spacial score (nSPS) is 11.6. The monoisotopic (exact) mass is 304 g/mol. The van der Waals surface area contributed by atoms with Crippen LogP contribution < -0.4 is 5.32 Å². The molecule has 1 amide bonds. The lowest BCUT2D eigenvalue weighted by Crippen LogP contribution is -2.36. The second-order valence-electron chi connectivity index (χ2n) is 4.30. The zero-order valence-corrected chi connectivity index (χ0v) is 12.4. The van der Waals surface area contributed by atoms with E-state index in [9.17, 15) is 4.79 Å². The number of carbonyl (C=O) groups excluding carboxylic acids is 1. The molecule has 0 radical (unpaired) electrons. The summed E-state index contributed by atoms with van der Waals surface area (Å²) in [5.41, 5.74) is 0.670. The topological polar surface area (TPSA) is 34.0 Å². The number of aryl methyl sites for hydroxylation is 1. The molecule has 90 valence electrons. The minimum Gasteiger partial charge on any atom is -0.349 e. The number of hydrogen-bond donors (Lipinski definition) is 1. The Kier molecular flexibility index (Phi) is 4.50. The molecule has 16 heavy (non-hydrogen) atoms. The maximum Gasteiger partial charge on any atom is 0.267 e. The number of aromatic nitrogens is 1. The number of rotatable bonds is 4. The molecule has 0 unspecified atom stereocenters. The molecule has 0 atom stereocenters. The zero-order chi connectivity index (χ0) is 12.3. The Morgan fingerprint density at radius 3 is 2.69 bits per heavy atom. The van der Waals surface area contributed by atoms with Crippen LogP contribution in [0.3, 0.4) is 0 Å². The Bertz CT molecular complexity index is 387. The molecule has 1 N–H and O–H groups in total. The lowest BCUT2D eigenvalue weighted by molar-refractivity contribution is 0.0942. The highest BCUT2D eigenvalue weighted by Crippen LogP contribution is 2.20. The molecule has 0 aromatic carbocycles. The molecule has 0 aliphatic heterocycles. The van der Waals surface area contributed by atoms with Gasteiger partial charge in [-0.25, -0.2) is 0 Å². The largest absolute Gasteiger partial charge is 0.349 e. The molecular weight excluding hydrogens is 288 g/mol. The van der Waals surface area contributed by atoms with E-state index in [1.165, 1.54) is 0 Å². The Hall–Kier alpha value is -0.420. The minimum absolute atomic E-state index is 0.0321. The standard InChI is InChI=1S/C11H17BrN2OS/c1-11(2,16-4)7-13-10(15)9-5-8(12)6-14(9)3/h5-6H,7H2,1-4H3,(H,13,15). The first-order chi connectivity index (χ1) is 7.35. The number of thioether (sulfide) groups is 1. The number of nitrogens with zero attached hydrogens (tertiary/aromatic N) is 1. The van der Waals surface area contributed by atoms with Crippen molar-refractivity contribution in [3.63, 3.8) is 0 Å². The van der Waals surface area contributed by atoms with Crippen LogP contribution in [-0.4, -0.2) is 28.0 Å². The van der Waals surface area contributed by atoms with Crippen LogP contribution in [0.4, 0.5) is 0 Å². The van der Waals surface area contributed by atoms with Gasteiger partial charge >= 0.3 is 0 Å². The van der Waals surface area contributed by atoms with E-state index in [-0.39, 0.29) is 10.7 Å². The quantitative estimate of drug-likeness (QED) is 0.928. The van der Waals surface area contributed by atoms with Gasteiger partial charge in [-0.05, 0) is 42.1 Å². The van der Waals surface area contributed by atoms with Crippen molar-refractivity contribution in [2.45, 2.75) is 18.6 Å². The third-order valence-corrected chi connectivity index (χ3v) is 4.11. The van der Waals surface area contributed by atoms with Crippen molar-refractivity contribution in [3.8, 4) is 0 Å². The summed E-state index contributed by atoms with van der Waals surface area (Å²) in [6.45, 7) is 4.88. The van der Waals surface area contributed by atoms with E-state index in [0.29, 0.717) is 12.2 Å². The smallest absolute Gasteiger partial charge is 0.267 e. The molecule has 0 saturated carbocycles. The third-order valence-electron chi connectivity index (χ3n) is 2.43. The maximum atomic E-state index is 11.9. The first-order valence-electron chi connectivity index (χ1n) is 5.01. The van der Waals surface area contributed by atoms with Crippen molar-refractivity contribution in [3.05, 3.63) is 22.4 Å². The average molecular weight is 305 g/mol. The third kappa shape index (κ3) is 3.56. The lowest BCUT2D eigenvalue weighted by Gasteiger charge is -2.22. The summed E-state index contributed by atoms with van der Waals surface area (Å²) >= 11 is 5.09. The van der Waals surface area contributed by atoms with Gasteiger partial charge in [0, 0.05) is 29.0 Å². The van der Waals surface area contributed by atoms with E-state index in [2.05, 4.69) is 35.1 Å². The van der Waals surface area contributed by atoms with Gasteiger partial charge < -0.3 is 9.88 Å². The molecule has 1 rings (SSSR count). The van der Waals surface area contributed by atoms with Gasteiger partial charge in [0.2, 0.25) is 0 Å². The summed E-state index contributed by atoms with van der Waals surface area (Å²) in [4.78, 5) is 11.9. The first kappa shape index (κ1) is 13.6. The van der Waals surface area contributed by atoms with Crippen LogP contribution in [0.2, 0.25) is 0 Å². The molecule has 0 aliphatic carbocycles. The first-order valence-corrected chi connectivity index (χ1v) is 7.03. The van der Waals surface area contributed by atoms with E-state index in [1.54, 1.807) is 11.8 Å². The van der Waals surface area contributed by atoms with Crippen LogP contribution >= 0.6 is 27.7 Å². The summed E-state index contributed by atoms with van der Waals surface area (Å²) in [6, 6.07) is 1.82. The summed E-state index contributed by atoms with van der Waals surface area (Å²) in [5, 5.41) is 2.94. The van der Waals surface area contributed by atoms with Crippen molar-refractivity contribution in [2.75, 3.05) is 12.8 Å². The molecule has 1 aromatic rings. The molecule has 0 aliphatic rings. The summed E-state index contributed by atoms with van der Waals surface area (Å²) in [6.07, 6.45) is 3.92. The summed E-state index contributed by atoms with van der Waals surface area (Å²) in [5.74, 6) is -0.0321. The van der Waals surface area contributed by atoms with Crippen LogP contribution in [0.15, 0.2) is 16.7 Å². The lowest BCUT2D eigenvalue weighted by atomic mass is 10.2. The van der Waals surface area contributed by atoms with E-state index in [1.807, 2.05) is 30.1 Å². The Labute approximate surface area is 109 Å². The Morgan fingerprint density at radius 1 is 1.62 bits per heavy atom. The van der Waals surface area contributed by atoms with Crippen LogP contribution in [0, 0.1) is 0 Å². The molecule has 5 heteroatoms. The maximum absolute atomic E-state index is 11.9. The van der Waals surface area contributed by atoms with E-state index >= 15 is 0 Å². The van der Waals surface area contributed by atoms with Crippen molar-refractivity contribution >= 4 is 33.6 Å². The Balaban J connectivity index is 2.63. The second kappa shape index (κ2) is 5.27. The van der Waals surface area contributed by atoms with Gasteiger partial charge in [-0.2, -0.15) is 11.8 Å². The fraction of sp³-hybridized carbons (Fsp3) is 0.545. The predicted octanol–water partition coefficient (Wildman–Crippen LogP) is 2.66. The highest BCUT2D eigenvalue weighted by molar-refractivity contribution is 9.10. The van der Waals surface area contributed by atoms with Gasteiger partial charge in [-0.15, -0.1) is 0 Å². The SMILES string of the molecule is CSC(C)(C)CNC(=O)c1cc(Br)cn1C. The average Bonchev–Trinajstić information content (AvgIpc) is 2.54.